The summed E-state index contributed by atoms with van der Waals surface area (Å²) in [6, 6.07) is 5.36. The summed E-state index contributed by atoms with van der Waals surface area (Å²) >= 11 is 0. The first-order chi connectivity index (χ1) is 15.7. The van der Waals surface area contributed by atoms with Gasteiger partial charge in [0.05, 0.1) is 0 Å². The summed E-state index contributed by atoms with van der Waals surface area (Å²) < 4.78 is 16.6. The number of ketones is 1. The number of Topliss-reactive ketones (excluding diaryl/α,β-unsaturated/α-hetero) is 1. The highest BCUT2D eigenvalue weighted by Gasteiger charge is 2.34. The van der Waals surface area contributed by atoms with E-state index in [-0.39, 0.29) is 29.6 Å². The molecule has 2 fully saturated rings. The van der Waals surface area contributed by atoms with Crippen LogP contribution in [0.1, 0.15) is 56.8 Å². The molecule has 180 valence electrons. The third-order valence-corrected chi connectivity index (χ3v) is 6.50. The largest absolute Gasteiger partial charge is 0.486 e. The average molecular weight is 459 g/mol. The second-order valence-electron chi connectivity index (χ2n) is 10.1. The van der Waals surface area contributed by atoms with E-state index in [1.54, 1.807) is 23.1 Å². The average Bonchev–Trinajstić information content (AvgIpc) is 2.82. The van der Waals surface area contributed by atoms with Crippen LogP contribution < -0.4 is 9.47 Å². The smallest absolute Gasteiger partial charge is 0.410 e. The number of piperidine rings is 2. The summed E-state index contributed by atoms with van der Waals surface area (Å²) in [5, 5.41) is 0. The molecule has 0 unspecified atom stereocenters. The molecule has 3 aliphatic heterocycles. The highest BCUT2D eigenvalue weighted by Crippen LogP contribution is 2.33. The molecule has 2 saturated heterocycles. The number of fused-ring (bicyclic) bond motifs is 1. The number of ether oxygens (including phenoxy) is 3. The zero-order valence-electron chi connectivity index (χ0n) is 19.8. The van der Waals surface area contributed by atoms with Crippen LogP contribution in [0, 0.1) is 11.8 Å². The van der Waals surface area contributed by atoms with Crippen LogP contribution in [-0.4, -0.2) is 72.6 Å². The van der Waals surface area contributed by atoms with Crippen LogP contribution in [-0.2, 0) is 9.53 Å². The van der Waals surface area contributed by atoms with E-state index in [2.05, 4.69) is 0 Å². The van der Waals surface area contributed by atoms with E-state index in [4.69, 9.17) is 14.2 Å². The van der Waals surface area contributed by atoms with Crippen molar-refractivity contribution in [3.8, 4) is 11.5 Å². The summed E-state index contributed by atoms with van der Waals surface area (Å²) in [4.78, 5) is 41.9. The van der Waals surface area contributed by atoms with Crippen LogP contribution >= 0.6 is 0 Å². The zero-order valence-corrected chi connectivity index (χ0v) is 19.8. The fourth-order valence-electron chi connectivity index (χ4n) is 4.69. The molecule has 0 radical (unpaired) electrons. The van der Waals surface area contributed by atoms with Crippen molar-refractivity contribution in [2.45, 2.75) is 52.1 Å². The van der Waals surface area contributed by atoms with E-state index in [1.807, 2.05) is 25.7 Å². The standard InChI is InChI=1S/C25H34N2O6/c1-25(2,3)33-24(30)27-12-8-18(9-13-27)23(29)26-10-6-17(7-11-26)22(28)19-4-5-20-21(16-19)32-15-14-31-20/h4-5,16-18H,6-15H2,1-3H3. The zero-order chi connectivity index (χ0) is 23.6. The minimum Gasteiger partial charge on any atom is -0.486 e. The van der Waals surface area contributed by atoms with Gasteiger partial charge >= 0.3 is 6.09 Å². The van der Waals surface area contributed by atoms with E-state index in [0.717, 1.165) is 0 Å². The van der Waals surface area contributed by atoms with Crippen molar-refractivity contribution in [2.75, 3.05) is 39.4 Å². The van der Waals surface area contributed by atoms with E-state index < -0.39 is 5.60 Å². The Morgan fingerprint density at radius 2 is 1.42 bits per heavy atom. The molecule has 33 heavy (non-hydrogen) atoms. The second kappa shape index (κ2) is 9.61. The van der Waals surface area contributed by atoms with Gasteiger partial charge in [0.1, 0.15) is 18.8 Å². The summed E-state index contributed by atoms with van der Waals surface area (Å²) in [6.07, 6.45) is 2.31. The summed E-state index contributed by atoms with van der Waals surface area (Å²) in [5.41, 5.74) is 0.115. The molecule has 3 heterocycles. The topological polar surface area (TPSA) is 85.4 Å². The van der Waals surface area contributed by atoms with Crippen molar-refractivity contribution in [1.29, 1.82) is 0 Å². The summed E-state index contributed by atoms with van der Waals surface area (Å²) in [7, 11) is 0. The van der Waals surface area contributed by atoms with Gasteiger partial charge < -0.3 is 24.0 Å². The molecule has 0 bridgehead atoms. The van der Waals surface area contributed by atoms with Gasteiger partial charge in [-0.05, 0) is 64.7 Å². The highest BCUT2D eigenvalue weighted by atomic mass is 16.6. The van der Waals surface area contributed by atoms with Gasteiger partial charge in [-0.15, -0.1) is 0 Å². The Balaban J connectivity index is 1.26. The molecule has 0 aromatic heterocycles. The Hall–Kier alpha value is -2.77. The van der Waals surface area contributed by atoms with E-state index in [1.165, 1.54) is 0 Å². The van der Waals surface area contributed by atoms with Gasteiger partial charge in [0, 0.05) is 43.6 Å². The minimum absolute atomic E-state index is 0.0752. The van der Waals surface area contributed by atoms with Crippen LogP contribution in [0.3, 0.4) is 0 Å². The van der Waals surface area contributed by atoms with Gasteiger partial charge in [-0.3, -0.25) is 9.59 Å². The van der Waals surface area contributed by atoms with Crippen LogP contribution in [0.2, 0.25) is 0 Å². The lowest BCUT2D eigenvalue weighted by Gasteiger charge is -2.37. The number of hydrogen-bond acceptors (Lipinski definition) is 6. The Bertz CT molecular complexity index is 893. The molecule has 0 saturated carbocycles. The van der Waals surface area contributed by atoms with Gasteiger partial charge in [0.15, 0.2) is 17.3 Å². The molecule has 0 N–H and O–H groups in total. The summed E-state index contributed by atoms with van der Waals surface area (Å²) in [6.45, 7) is 8.80. The van der Waals surface area contributed by atoms with E-state index in [9.17, 15) is 14.4 Å². The molecule has 8 nitrogen and oxygen atoms in total. The first-order valence-electron chi connectivity index (χ1n) is 11.9. The van der Waals surface area contributed by atoms with Crippen LogP contribution in [0.4, 0.5) is 4.79 Å². The molecule has 8 heteroatoms. The minimum atomic E-state index is -0.522. The lowest BCUT2D eigenvalue weighted by Crippen LogP contribution is -2.47. The van der Waals surface area contributed by atoms with Crippen LogP contribution in [0.25, 0.3) is 0 Å². The third kappa shape index (κ3) is 5.60. The van der Waals surface area contributed by atoms with Gasteiger partial charge in [-0.2, -0.15) is 0 Å². The van der Waals surface area contributed by atoms with Crippen molar-refractivity contribution in [3.63, 3.8) is 0 Å². The monoisotopic (exact) mass is 458 g/mol. The number of carbonyl (C=O) groups excluding carboxylic acids is 3. The number of hydrogen-bond donors (Lipinski definition) is 0. The van der Waals surface area contributed by atoms with Crippen molar-refractivity contribution in [3.05, 3.63) is 23.8 Å². The number of nitrogens with zero attached hydrogens (tertiary/aromatic N) is 2. The molecule has 4 rings (SSSR count). The molecule has 2 amide bonds. The Morgan fingerprint density at radius 3 is 2.06 bits per heavy atom. The second-order valence-corrected chi connectivity index (χ2v) is 10.1. The van der Waals surface area contributed by atoms with E-state index >= 15 is 0 Å². The number of rotatable bonds is 3. The number of likely N-dealkylation sites (tertiary alicyclic amines) is 2. The fourth-order valence-corrected chi connectivity index (χ4v) is 4.69. The quantitative estimate of drug-likeness (QED) is 0.645. The maximum Gasteiger partial charge on any atom is 0.410 e. The first kappa shape index (κ1) is 23.4. The molecule has 3 aliphatic rings. The Labute approximate surface area is 195 Å². The first-order valence-corrected chi connectivity index (χ1v) is 11.9. The Morgan fingerprint density at radius 1 is 0.848 bits per heavy atom. The number of benzene rings is 1. The van der Waals surface area contributed by atoms with Gasteiger partial charge in [0.2, 0.25) is 5.91 Å². The normalized spacial score (nSPS) is 19.8. The molecule has 0 spiro atoms. The maximum atomic E-state index is 13.0. The van der Waals surface area contributed by atoms with Crippen molar-refractivity contribution in [2.24, 2.45) is 11.8 Å². The Kier molecular flexibility index (Phi) is 6.81. The third-order valence-electron chi connectivity index (χ3n) is 6.50. The SMILES string of the molecule is CC(C)(C)OC(=O)N1CCC(C(=O)N2CCC(C(=O)c3ccc4c(c3)OCCO4)CC2)CC1. The molecule has 0 atom stereocenters. The number of carbonyl (C=O) groups is 3. The fraction of sp³-hybridized carbons (Fsp3) is 0.640. The van der Waals surface area contributed by atoms with Gasteiger partial charge in [0.25, 0.3) is 0 Å². The molecular weight excluding hydrogens is 424 g/mol. The molecule has 1 aromatic rings. The van der Waals surface area contributed by atoms with Crippen LogP contribution in [0.15, 0.2) is 18.2 Å². The molecular formula is C25H34N2O6. The van der Waals surface area contributed by atoms with Crippen molar-refractivity contribution < 1.29 is 28.6 Å². The molecule has 1 aromatic carbocycles. The lowest BCUT2D eigenvalue weighted by atomic mass is 9.87. The van der Waals surface area contributed by atoms with Crippen LogP contribution in [0.5, 0.6) is 11.5 Å². The predicted octanol–water partition coefficient (Wildman–Crippen LogP) is 3.53. The van der Waals surface area contributed by atoms with E-state index in [0.29, 0.717) is 82.1 Å². The highest BCUT2D eigenvalue weighted by molar-refractivity contribution is 5.98. The van der Waals surface area contributed by atoms with Gasteiger partial charge in [-0.1, -0.05) is 0 Å². The predicted molar refractivity (Wildman–Crippen MR) is 122 cm³/mol. The molecule has 0 aliphatic carbocycles. The van der Waals surface area contributed by atoms with Crippen molar-refractivity contribution >= 4 is 17.8 Å². The van der Waals surface area contributed by atoms with Gasteiger partial charge in [-0.25, -0.2) is 4.79 Å². The number of amides is 2. The summed E-state index contributed by atoms with van der Waals surface area (Å²) in [5.74, 6) is 1.38. The maximum absolute atomic E-state index is 13.0. The lowest BCUT2D eigenvalue weighted by molar-refractivity contribution is -0.138. The van der Waals surface area contributed by atoms with Crippen molar-refractivity contribution in [1.82, 2.24) is 9.80 Å².